The molecule has 0 N–H and O–H groups in total. The second-order valence-corrected chi connectivity index (χ2v) is 3.80. The van der Waals surface area contributed by atoms with Gasteiger partial charge >= 0.3 is 0 Å². The monoisotopic (exact) mass is 225 g/mol. The van der Waals surface area contributed by atoms with Crippen LogP contribution >= 0.6 is 0 Å². The van der Waals surface area contributed by atoms with Crippen molar-refractivity contribution in [3.8, 4) is 6.07 Å². The van der Waals surface area contributed by atoms with Crippen LogP contribution in [0.3, 0.4) is 0 Å². The van der Waals surface area contributed by atoms with Crippen LogP contribution in [-0.2, 0) is 6.54 Å². The van der Waals surface area contributed by atoms with Gasteiger partial charge in [-0.2, -0.15) is 5.26 Å². The minimum absolute atomic E-state index is 0.0799. The number of hydrogen-bond donors (Lipinski definition) is 0. The summed E-state index contributed by atoms with van der Waals surface area (Å²) in [5, 5.41) is 8.77. The molecular weight excluding hydrogens is 214 g/mol. The van der Waals surface area contributed by atoms with Crippen LogP contribution in [0.15, 0.2) is 41.6 Å². The van der Waals surface area contributed by atoms with Gasteiger partial charge in [-0.3, -0.25) is 9.36 Å². The van der Waals surface area contributed by atoms with E-state index in [2.05, 4.69) is 11.1 Å². The van der Waals surface area contributed by atoms with Crippen molar-refractivity contribution in [2.24, 2.45) is 0 Å². The molecule has 0 amide bonds. The molecule has 0 atom stereocenters. The van der Waals surface area contributed by atoms with Gasteiger partial charge in [0.15, 0.2) is 0 Å². The Balaban J connectivity index is 2.35. The fraction of sp³-hybridized carbons (Fsp3) is 0.154. The first-order valence-corrected chi connectivity index (χ1v) is 5.21. The molecule has 17 heavy (non-hydrogen) atoms. The number of benzene rings is 1. The van der Waals surface area contributed by atoms with Crippen molar-refractivity contribution in [3.05, 3.63) is 63.8 Å². The number of aryl methyl sites for hydroxylation is 1. The van der Waals surface area contributed by atoms with Crippen molar-refractivity contribution in [2.75, 3.05) is 0 Å². The van der Waals surface area contributed by atoms with E-state index in [9.17, 15) is 4.79 Å². The molecule has 0 spiro atoms. The van der Waals surface area contributed by atoms with E-state index in [4.69, 9.17) is 5.26 Å². The Morgan fingerprint density at radius 2 is 2.24 bits per heavy atom. The molecule has 1 heterocycles. The average Bonchev–Trinajstić information content (AvgIpc) is 2.34. The minimum atomic E-state index is -0.0799. The van der Waals surface area contributed by atoms with E-state index < -0.39 is 0 Å². The first-order valence-electron chi connectivity index (χ1n) is 5.21. The molecular formula is C13H11N3O. The zero-order valence-corrected chi connectivity index (χ0v) is 9.42. The highest BCUT2D eigenvalue weighted by atomic mass is 16.1. The molecule has 0 aliphatic rings. The minimum Gasteiger partial charge on any atom is -0.295 e. The van der Waals surface area contributed by atoms with E-state index in [0.29, 0.717) is 12.1 Å². The molecule has 2 rings (SSSR count). The van der Waals surface area contributed by atoms with Crippen LogP contribution in [0.2, 0.25) is 0 Å². The molecule has 0 fully saturated rings. The van der Waals surface area contributed by atoms with Crippen LogP contribution in [0.1, 0.15) is 16.7 Å². The molecule has 0 bridgehead atoms. The second kappa shape index (κ2) is 4.62. The number of nitriles is 1. The molecule has 0 saturated heterocycles. The Morgan fingerprint density at radius 1 is 1.41 bits per heavy atom. The van der Waals surface area contributed by atoms with Gasteiger partial charge in [0.2, 0.25) is 0 Å². The van der Waals surface area contributed by atoms with Gasteiger partial charge in [-0.25, -0.2) is 4.98 Å². The van der Waals surface area contributed by atoms with E-state index in [1.807, 2.05) is 19.1 Å². The molecule has 0 aliphatic heterocycles. The molecule has 0 radical (unpaired) electrons. The molecule has 0 unspecified atom stereocenters. The Hall–Kier alpha value is -2.41. The van der Waals surface area contributed by atoms with Crippen LogP contribution in [0.4, 0.5) is 0 Å². The van der Waals surface area contributed by atoms with Gasteiger partial charge in [0.25, 0.3) is 5.56 Å². The van der Waals surface area contributed by atoms with Crippen LogP contribution in [-0.4, -0.2) is 9.55 Å². The Labute approximate surface area is 98.8 Å². The highest BCUT2D eigenvalue weighted by Gasteiger charge is 2.02. The van der Waals surface area contributed by atoms with E-state index in [1.165, 1.54) is 23.2 Å². The molecule has 0 saturated carbocycles. The molecule has 4 heteroatoms. The third-order valence-electron chi connectivity index (χ3n) is 2.60. The highest BCUT2D eigenvalue weighted by Crippen LogP contribution is 2.11. The molecule has 84 valence electrons. The molecule has 1 aromatic carbocycles. The Kier molecular flexibility index (Phi) is 3.01. The summed E-state index contributed by atoms with van der Waals surface area (Å²) < 4.78 is 1.54. The zero-order chi connectivity index (χ0) is 12.3. The second-order valence-electron chi connectivity index (χ2n) is 3.80. The van der Waals surface area contributed by atoms with Gasteiger partial charge in [0.1, 0.15) is 0 Å². The molecule has 4 nitrogen and oxygen atoms in total. The van der Waals surface area contributed by atoms with Crippen LogP contribution in [0, 0.1) is 18.3 Å². The van der Waals surface area contributed by atoms with Crippen molar-refractivity contribution in [2.45, 2.75) is 13.5 Å². The highest BCUT2D eigenvalue weighted by molar-refractivity contribution is 5.37. The summed E-state index contributed by atoms with van der Waals surface area (Å²) in [6.45, 7) is 2.40. The van der Waals surface area contributed by atoms with E-state index in [1.54, 1.807) is 6.07 Å². The number of hydrogen-bond acceptors (Lipinski definition) is 3. The summed E-state index contributed by atoms with van der Waals surface area (Å²) in [5.41, 5.74) is 2.56. The lowest BCUT2D eigenvalue weighted by atomic mass is 10.1. The topological polar surface area (TPSA) is 58.7 Å². The third kappa shape index (κ3) is 2.40. The molecule has 2 aromatic rings. The predicted molar refractivity (Wildman–Crippen MR) is 63.5 cm³/mol. The maximum atomic E-state index is 11.5. The largest absolute Gasteiger partial charge is 0.295 e. The summed E-state index contributed by atoms with van der Waals surface area (Å²) >= 11 is 0. The van der Waals surface area contributed by atoms with Crippen LogP contribution in [0.5, 0.6) is 0 Å². The van der Waals surface area contributed by atoms with E-state index >= 15 is 0 Å². The summed E-state index contributed by atoms with van der Waals surface area (Å²) in [4.78, 5) is 15.4. The van der Waals surface area contributed by atoms with Gasteiger partial charge in [-0.05, 0) is 30.2 Å². The fourth-order valence-electron chi connectivity index (χ4n) is 1.62. The number of rotatable bonds is 2. The molecule has 1 aromatic heterocycles. The summed E-state index contributed by atoms with van der Waals surface area (Å²) in [6.07, 6.45) is 2.99. The fourth-order valence-corrected chi connectivity index (χ4v) is 1.62. The lowest BCUT2D eigenvalue weighted by Crippen LogP contribution is -2.19. The Morgan fingerprint density at radius 3 is 2.88 bits per heavy atom. The quantitative estimate of drug-likeness (QED) is 0.777. The number of nitrogens with zero attached hydrogens (tertiary/aromatic N) is 3. The summed E-state index contributed by atoms with van der Waals surface area (Å²) in [6, 6.07) is 8.96. The smallest absolute Gasteiger partial charge is 0.253 e. The van der Waals surface area contributed by atoms with Gasteiger partial charge in [-0.15, -0.1) is 0 Å². The van der Waals surface area contributed by atoms with Crippen molar-refractivity contribution in [1.29, 1.82) is 5.26 Å². The Bertz CT molecular complexity index is 638. The van der Waals surface area contributed by atoms with Crippen LogP contribution < -0.4 is 5.56 Å². The first kappa shape index (κ1) is 11.1. The van der Waals surface area contributed by atoms with Crippen molar-refractivity contribution >= 4 is 0 Å². The average molecular weight is 225 g/mol. The molecule has 0 aliphatic carbocycles. The van der Waals surface area contributed by atoms with E-state index in [0.717, 1.165) is 11.1 Å². The normalized spacial score (nSPS) is 9.88. The number of aromatic nitrogens is 2. The van der Waals surface area contributed by atoms with Crippen molar-refractivity contribution < 1.29 is 0 Å². The van der Waals surface area contributed by atoms with E-state index in [-0.39, 0.29) is 5.56 Å². The first-order chi connectivity index (χ1) is 8.20. The van der Waals surface area contributed by atoms with Gasteiger partial charge in [0.05, 0.1) is 24.5 Å². The zero-order valence-electron chi connectivity index (χ0n) is 9.42. The summed E-state index contributed by atoms with van der Waals surface area (Å²) in [5.74, 6) is 0. The SMILES string of the molecule is Cc1cc(C#N)ccc1Cn1cnccc1=O. The van der Waals surface area contributed by atoms with Crippen LogP contribution in [0.25, 0.3) is 0 Å². The lowest BCUT2D eigenvalue weighted by molar-refractivity contribution is 0.732. The van der Waals surface area contributed by atoms with Gasteiger partial charge < -0.3 is 0 Å². The maximum absolute atomic E-state index is 11.5. The van der Waals surface area contributed by atoms with Gasteiger partial charge in [-0.1, -0.05) is 6.07 Å². The van der Waals surface area contributed by atoms with Gasteiger partial charge in [0, 0.05) is 12.3 Å². The third-order valence-corrected chi connectivity index (χ3v) is 2.60. The lowest BCUT2D eigenvalue weighted by Gasteiger charge is -2.07. The standard InChI is InChI=1S/C13H11N3O/c1-10-6-11(7-14)2-3-12(10)8-16-9-15-5-4-13(16)17/h2-6,9H,8H2,1H3. The summed E-state index contributed by atoms with van der Waals surface area (Å²) in [7, 11) is 0. The van der Waals surface area contributed by atoms with Crippen molar-refractivity contribution in [1.82, 2.24) is 9.55 Å². The predicted octanol–water partition coefficient (Wildman–Crippen LogP) is 1.47. The maximum Gasteiger partial charge on any atom is 0.253 e. The van der Waals surface area contributed by atoms with Crippen molar-refractivity contribution in [3.63, 3.8) is 0 Å².